The summed E-state index contributed by atoms with van der Waals surface area (Å²) in [6.45, 7) is 8.57. The van der Waals surface area contributed by atoms with Crippen molar-refractivity contribution >= 4 is 21.6 Å². The largest absolute Gasteiger partial charge is 0.490 e. The Balaban J connectivity index is 0.000000514. The number of hydrogen-bond acceptors (Lipinski definition) is 3. The first-order chi connectivity index (χ1) is 8.16. The average molecular weight is 253 g/mol. The molecule has 1 aromatic heterocycles. The number of thiazole rings is 1. The number of aryl methyl sites for hydroxylation is 1. The first-order valence-electron chi connectivity index (χ1n) is 5.89. The van der Waals surface area contributed by atoms with Crippen LogP contribution >= 0.6 is 11.3 Å². The Morgan fingerprint density at radius 1 is 1.47 bits per heavy atom. The van der Waals surface area contributed by atoms with Crippen LogP contribution in [-0.2, 0) is 0 Å². The molecule has 4 heteroatoms. The molecule has 0 aliphatic carbocycles. The lowest BCUT2D eigenvalue weighted by Gasteiger charge is -2.02. The first-order valence-corrected chi connectivity index (χ1v) is 6.71. The minimum absolute atomic E-state index is 0.262. The molecule has 0 radical (unpaired) electrons. The number of ether oxygens (including phenoxy) is 1. The van der Waals surface area contributed by atoms with E-state index in [0.29, 0.717) is 12.4 Å². The van der Waals surface area contributed by atoms with Crippen LogP contribution in [0.25, 0.3) is 10.2 Å². The van der Waals surface area contributed by atoms with Gasteiger partial charge in [0.15, 0.2) is 11.6 Å². The molecule has 3 rings (SSSR count). The van der Waals surface area contributed by atoms with E-state index < -0.39 is 0 Å². The Kier molecular flexibility index (Phi) is 3.33. The SMILES string of the molecule is CC.Cc1nc2cc(F)c3c(c2s1)C(C)CO3. The molecule has 0 amide bonds. The highest BCUT2D eigenvalue weighted by Crippen LogP contribution is 2.43. The maximum atomic E-state index is 13.6. The Labute approximate surface area is 104 Å². The highest BCUT2D eigenvalue weighted by molar-refractivity contribution is 7.18. The predicted molar refractivity (Wildman–Crippen MR) is 69.6 cm³/mol. The summed E-state index contributed by atoms with van der Waals surface area (Å²) in [6, 6.07) is 1.47. The van der Waals surface area contributed by atoms with Crippen LogP contribution in [0, 0.1) is 12.7 Å². The smallest absolute Gasteiger partial charge is 0.167 e. The molecule has 17 heavy (non-hydrogen) atoms. The van der Waals surface area contributed by atoms with E-state index in [-0.39, 0.29) is 11.7 Å². The molecular weight excluding hydrogens is 237 g/mol. The van der Waals surface area contributed by atoms with Crippen molar-refractivity contribution in [1.82, 2.24) is 4.98 Å². The number of halogens is 1. The zero-order chi connectivity index (χ0) is 12.6. The van der Waals surface area contributed by atoms with E-state index in [2.05, 4.69) is 11.9 Å². The fraction of sp³-hybridized carbons (Fsp3) is 0.462. The number of fused-ring (bicyclic) bond motifs is 3. The molecule has 0 spiro atoms. The van der Waals surface area contributed by atoms with Crippen LogP contribution in [-0.4, -0.2) is 11.6 Å². The summed E-state index contributed by atoms with van der Waals surface area (Å²) in [5, 5.41) is 0.969. The molecule has 1 atom stereocenters. The van der Waals surface area contributed by atoms with Crippen molar-refractivity contribution in [3.8, 4) is 5.75 Å². The molecule has 0 saturated heterocycles. The van der Waals surface area contributed by atoms with E-state index >= 15 is 0 Å². The van der Waals surface area contributed by atoms with Crippen LogP contribution in [0.4, 0.5) is 4.39 Å². The molecule has 2 nitrogen and oxygen atoms in total. The molecule has 0 fully saturated rings. The van der Waals surface area contributed by atoms with Crippen LogP contribution in [0.2, 0.25) is 0 Å². The van der Waals surface area contributed by atoms with Crippen molar-refractivity contribution in [1.29, 1.82) is 0 Å². The molecule has 1 unspecified atom stereocenters. The topological polar surface area (TPSA) is 22.1 Å². The lowest BCUT2D eigenvalue weighted by atomic mass is 10.0. The second kappa shape index (κ2) is 4.61. The van der Waals surface area contributed by atoms with Crippen molar-refractivity contribution in [2.24, 2.45) is 0 Å². The van der Waals surface area contributed by atoms with Gasteiger partial charge in [-0.25, -0.2) is 9.37 Å². The van der Waals surface area contributed by atoms with E-state index in [1.54, 1.807) is 11.3 Å². The van der Waals surface area contributed by atoms with Crippen molar-refractivity contribution in [3.05, 3.63) is 22.5 Å². The lowest BCUT2D eigenvalue weighted by Crippen LogP contribution is -1.93. The van der Waals surface area contributed by atoms with Gasteiger partial charge in [-0.3, -0.25) is 0 Å². The Bertz CT molecular complexity index is 550. The fourth-order valence-corrected chi connectivity index (χ4v) is 3.09. The van der Waals surface area contributed by atoms with Crippen LogP contribution in [0.15, 0.2) is 6.07 Å². The highest BCUT2D eigenvalue weighted by atomic mass is 32.1. The Hall–Kier alpha value is -1.16. The second-order valence-corrected chi connectivity index (χ2v) is 5.10. The van der Waals surface area contributed by atoms with Gasteiger partial charge in [0, 0.05) is 17.5 Å². The number of nitrogens with zero attached hydrogens (tertiary/aromatic N) is 1. The molecule has 2 aromatic rings. The predicted octanol–water partition coefficient (Wildman–Crippen LogP) is 4.27. The zero-order valence-corrected chi connectivity index (χ0v) is 11.3. The molecule has 0 N–H and O–H groups in total. The number of benzene rings is 1. The molecular formula is C13H16FNOS. The third kappa shape index (κ3) is 1.90. The van der Waals surface area contributed by atoms with Gasteiger partial charge in [0.25, 0.3) is 0 Å². The van der Waals surface area contributed by atoms with Gasteiger partial charge in [-0.1, -0.05) is 20.8 Å². The van der Waals surface area contributed by atoms with Gasteiger partial charge in [-0.05, 0) is 6.92 Å². The first kappa shape index (κ1) is 12.3. The standard InChI is InChI=1S/C11H10FNOS.C2H6/c1-5-4-14-10-7(12)3-8-11(9(5)10)15-6(2)13-8;1-2/h3,5H,4H2,1-2H3;1-2H3. The van der Waals surface area contributed by atoms with Crippen LogP contribution in [0.5, 0.6) is 5.75 Å². The van der Waals surface area contributed by atoms with Gasteiger partial charge >= 0.3 is 0 Å². The normalized spacial score (nSPS) is 17.4. The molecule has 1 aliphatic heterocycles. The quantitative estimate of drug-likeness (QED) is 0.699. The summed E-state index contributed by atoms with van der Waals surface area (Å²) < 4.78 is 20.1. The minimum atomic E-state index is -0.285. The van der Waals surface area contributed by atoms with E-state index in [0.717, 1.165) is 20.8 Å². The molecule has 0 bridgehead atoms. The van der Waals surface area contributed by atoms with Gasteiger partial charge in [0.05, 0.1) is 21.8 Å². The van der Waals surface area contributed by atoms with E-state index in [1.807, 2.05) is 20.8 Å². The van der Waals surface area contributed by atoms with Crippen molar-refractivity contribution in [3.63, 3.8) is 0 Å². The maximum Gasteiger partial charge on any atom is 0.167 e. The third-order valence-electron chi connectivity index (χ3n) is 2.70. The average Bonchev–Trinajstić information content (AvgIpc) is 2.85. The van der Waals surface area contributed by atoms with Gasteiger partial charge < -0.3 is 4.74 Å². The highest BCUT2D eigenvalue weighted by Gasteiger charge is 2.27. The van der Waals surface area contributed by atoms with Crippen molar-refractivity contribution in [2.75, 3.05) is 6.61 Å². The minimum Gasteiger partial charge on any atom is -0.490 e. The molecule has 1 aromatic carbocycles. The number of rotatable bonds is 0. The Morgan fingerprint density at radius 3 is 2.88 bits per heavy atom. The molecule has 2 heterocycles. The van der Waals surface area contributed by atoms with Gasteiger partial charge in [0.1, 0.15) is 0 Å². The van der Waals surface area contributed by atoms with E-state index in [4.69, 9.17) is 4.74 Å². The summed E-state index contributed by atoms with van der Waals surface area (Å²) in [7, 11) is 0. The van der Waals surface area contributed by atoms with Gasteiger partial charge in [0.2, 0.25) is 0 Å². The Morgan fingerprint density at radius 2 is 2.18 bits per heavy atom. The second-order valence-electron chi connectivity index (χ2n) is 3.89. The summed E-state index contributed by atoms with van der Waals surface area (Å²) >= 11 is 1.61. The number of hydrogen-bond donors (Lipinski definition) is 0. The van der Waals surface area contributed by atoms with Crippen LogP contribution in [0.1, 0.15) is 37.3 Å². The third-order valence-corrected chi connectivity index (χ3v) is 3.72. The summed E-state index contributed by atoms with van der Waals surface area (Å²) in [4.78, 5) is 4.31. The van der Waals surface area contributed by atoms with Gasteiger partial charge in [-0.15, -0.1) is 11.3 Å². The van der Waals surface area contributed by atoms with Crippen LogP contribution in [0.3, 0.4) is 0 Å². The summed E-state index contributed by atoms with van der Waals surface area (Å²) in [6.07, 6.45) is 0. The maximum absolute atomic E-state index is 13.6. The molecule has 1 aliphatic rings. The van der Waals surface area contributed by atoms with Gasteiger partial charge in [-0.2, -0.15) is 0 Å². The fourth-order valence-electron chi connectivity index (χ4n) is 2.04. The monoisotopic (exact) mass is 253 g/mol. The summed E-state index contributed by atoms with van der Waals surface area (Å²) in [5.41, 5.74) is 1.75. The number of aromatic nitrogens is 1. The van der Waals surface area contributed by atoms with Crippen molar-refractivity contribution < 1.29 is 9.13 Å². The zero-order valence-electron chi connectivity index (χ0n) is 10.5. The summed E-state index contributed by atoms with van der Waals surface area (Å²) in [5.74, 6) is 0.406. The van der Waals surface area contributed by atoms with Crippen LogP contribution < -0.4 is 4.74 Å². The van der Waals surface area contributed by atoms with Crippen molar-refractivity contribution in [2.45, 2.75) is 33.6 Å². The lowest BCUT2D eigenvalue weighted by molar-refractivity contribution is 0.323. The molecule has 0 saturated carbocycles. The molecule has 92 valence electrons. The van der Waals surface area contributed by atoms with E-state index in [9.17, 15) is 4.39 Å². The van der Waals surface area contributed by atoms with E-state index in [1.165, 1.54) is 6.07 Å².